The highest BCUT2D eigenvalue weighted by Crippen LogP contribution is 2.36. The number of sulfonamides is 2. The third-order valence-electron chi connectivity index (χ3n) is 5.01. The van der Waals surface area contributed by atoms with Gasteiger partial charge in [0, 0.05) is 40.1 Å². The zero-order valence-electron chi connectivity index (χ0n) is 18.3. The molecule has 1 saturated heterocycles. The number of quaternary nitrogens is 1. The van der Waals surface area contributed by atoms with E-state index in [1.54, 1.807) is 21.3 Å². The summed E-state index contributed by atoms with van der Waals surface area (Å²) < 4.78 is 127. The van der Waals surface area contributed by atoms with Crippen LogP contribution < -0.4 is 0 Å². The molecule has 0 amide bonds. The van der Waals surface area contributed by atoms with Crippen molar-refractivity contribution in [3.63, 3.8) is 0 Å². The summed E-state index contributed by atoms with van der Waals surface area (Å²) in [5.74, 6) is 0.694. The van der Waals surface area contributed by atoms with E-state index in [0.29, 0.717) is 12.0 Å². The van der Waals surface area contributed by atoms with Crippen LogP contribution in [0.25, 0.3) is 4.13 Å². The number of halogens is 6. The van der Waals surface area contributed by atoms with Crippen molar-refractivity contribution < 1.29 is 60.9 Å². The van der Waals surface area contributed by atoms with Gasteiger partial charge in [0.25, 0.3) is 0 Å². The minimum absolute atomic E-state index is 0.694. The molecule has 2 atom stereocenters. The molecule has 1 aliphatic heterocycles. The lowest BCUT2D eigenvalue weighted by Gasteiger charge is -2.41. The Kier molecular flexibility index (Phi) is 10.7. The summed E-state index contributed by atoms with van der Waals surface area (Å²) in [4.78, 5) is 0. The average molecular weight is 543 g/mol. The molecule has 32 heavy (non-hydrogen) atoms. The van der Waals surface area contributed by atoms with E-state index in [9.17, 15) is 43.2 Å². The molecule has 18 heteroatoms. The number of nitrogens with zero attached hydrogens (tertiary/aromatic N) is 2. The number of likely N-dealkylation sites (tertiary alicyclic amines) is 1. The highest BCUT2D eigenvalue weighted by molar-refractivity contribution is 8.13. The molecule has 1 aliphatic rings. The fourth-order valence-corrected chi connectivity index (χ4v) is 7.36. The second-order valence-corrected chi connectivity index (χ2v) is 13.9. The topological polar surface area (TPSA) is 110 Å². The maximum Gasteiger partial charge on any atom is 0.558 e. The van der Waals surface area contributed by atoms with E-state index in [1.807, 2.05) is 0 Å². The lowest BCUT2D eigenvalue weighted by Crippen LogP contribution is -2.63. The fourth-order valence-electron chi connectivity index (χ4n) is 3.49. The molecule has 0 bridgehead atoms. The van der Waals surface area contributed by atoms with Gasteiger partial charge in [0.1, 0.15) is 6.17 Å². The number of hydrogen-bond acceptors (Lipinski definition) is 7. The predicted molar refractivity (Wildman–Crippen MR) is 104 cm³/mol. The van der Waals surface area contributed by atoms with Gasteiger partial charge >= 0.3 is 19.8 Å². The first-order valence-electron chi connectivity index (χ1n) is 9.00. The van der Waals surface area contributed by atoms with Crippen LogP contribution >= 0.6 is 0 Å². The molecule has 0 saturated carbocycles. The molecule has 0 spiro atoms. The first kappa shape index (κ1) is 31.5. The van der Waals surface area contributed by atoms with Crippen molar-refractivity contribution >= 4 is 28.9 Å². The Morgan fingerprint density at radius 2 is 1.31 bits per heavy atom. The number of hydrogen-bond donors (Lipinski definition) is 0. The summed E-state index contributed by atoms with van der Waals surface area (Å²) >= 11 is 0. The number of rotatable bonds is 8. The van der Waals surface area contributed by atoms with Crippen LogP contribution in [0, 0.1) is 5.92 Å². The molecule has 0 aromatic heterocycles. The Bertz CT molecular complexity index is 766. The predicted octanol–water partition coefficient (Wildman–Crippen LogP) is 2.73. The van der Waals surface area contributed by atoms with Gasteiger partial charge in [-0.25, -0.2) is 16.8 Å². The van der Waals surface area contributed by atoms with Crippen LogP contribution in [0.5, 0.6) is 0 Å². The molecule has 0 aromatic rings. The molecule has 0 aromatic carbocycles. The van der Waals surface area contributed by atoms with Crippen LogP contribution in [0.2, 0.25) is 0 Å². The van der Waals surface area contributed by atoms with Crippen molar-refractivity contribution in [3.8, 4) is 0 Å². The van der Waals surface area contributed by atoms with E-state index in [0.717, 1.165) is 14.8 Å². The first-order chi connectivity index (χ1) is 14.1. The second kappa shape index (κ2) is 10.8. The molecule has 1 rings (SSSR count). The molecule has 0 radical (unpaired) electrons. The van der Waals surface area contributed by atoms with E-state index in [4.69, 9.17) is 13.3 Å². The van der Waals surface area contributed by atoms with Gasteiger partial charge in [-0.15, -0.1) is 0 Å². The molecule has 194 valence electrons. The van der Waals surface area contributed by atoms with Crippen molar-refractivity contribution in [2.24, 2.45) is 5.92 Å². The maximum atomic E-state index is 11.4. The van der Waals surface area contributed by atoms with E-state index < -0.39 is 39.9 Å². The quantitative estimate of drug-likeness (QED) is 0.264. The van der Waals surface area contributed by atoms with E-state index in [2.05, 4.69) is 20.9 Å². The molecular weight excluding hydrogens is 514 g/mol. The summed E-state index contributed by atoms with van der Waals surface area (Å²) in [6.07, 6.45) is 3.47. The van der Waals surface area contributed by atoms with Crippen LogP contribution in [0.3, 0.4) is 0 Å². The standard InChI is InChI=1S/C12H28NO3Si.C2F6NO4S2/c1-11(2)12-8-7-9-13(12,3)10-17(14-4,15-5)16-6;3-1(4,5)14(10,11)9-15(12,13)2(6,7)8/h11-12H,7-10H2,1-6H3;/q+1;-1. The Balaban J connectivity index is 0.000000607. The Hall–Kier alpha value is -0.503. The minimum atomic E-state index is -6.72. The Morgan fingerprint density at radius 3 is 1.59 bits per heavy atom. The summed E-state index contributed by atoms with van der Waals surface area (Å²) in [5, 5.41) is 0. The lowest BCUT2D eigenvalue weighted by atomic mass is 10.0. The van der Waals surface area contributed by atoms with Gasteiger partial charge in [-0.3, -0.25) is 0 Å². The van der Waals surface area contributed by atoms with E-state index in [1.165, 1.54) is 19.4 Å². The van der Waals surface area contributed by atoms with Crippen LogP contribution in [-0.4, -0.2) is 88.3 Å². The van der Waals surface area contributed by atoms with Crippen molar-refractivity contribution in [1.82, 2.24) is 0 Å². The van der Waals surface area contributed by atoms with Crippen LogP contribution in [0.15, 0.2) is 0 Å². The summed E-state index contributed by atoms with van der Waals surface area (Å²) in [6, 6.07) is 0.697. The molecular formula is C14H28F6N2O7S2Si. The van der Waals surface area contributed by atoms with Crippen molar-refractivity contribution in [2.45, 2.75) is 43.7 Å². The van der Waals surface area contributed by atoms with E-state index >= 15 is 0 Å². The summed E-state index contributed by atoms with van der Waals surface area (Å²) in [6.45, 7) is 5.82. The van der Waals surface area contributed by atoms with Crippen molar-refractivity contribution in [2.75, 3.05) is 41.1 Å². The Labute approximate surface area is 185 Å². The monoisotopic (exact) mass is 542 g/mol. The van der Waals surface area contributed by atoms with Gasteiger partial charge in [0.05, 0.1) is 19.6 Å². The zero-order chi connectivity index (χ0) is 25.8. The lowest BCUT2D eigenvalue weighted by molar-refractivity contribution is -0.917. The third kappa shape index (κ3) is 7.78. The minimum Gasteiger partial charge on any atom is -0.421 e. The van der Waals surface area contributed by atoms with Gasteiger partial charge in [-0.2, -0.15) is 26.3 Å². The molecule has 0 N–H and O–H groups in total. The highest BCUT2D eigenvalue weighted by atomic mass is 32.3. The Morgan fingerprint density at radius 1 is 0.938 bits per heavy atom. The van der Waals surface area contributed by atoms with Crippen LogP contribution in [-0.2, 0) is 33.3 Å². The van der Waals surface area contributed by atoms with Crippen molar-refractivity contribution in [3.05, 3.63) is 4.13 Å². The zero-order valence-corrected chi connectivity index (χ0v) is 21.0. The third-order valence-corrected chi connectivity index (χ3v) is 10.7. The van der Waals surface area contributed by atoms with Gasteiger partial charge in [0.2, 0.25) is 0 Å². The second-order valence-electron chi connectivity index (χ2n) is 7.53. The maximum absolute atomic E-state index is 11.4. The highest BCUT2D eigenvalue weighted by Gasteiger charge is 2.52. The molecule has 0 aliphatic carbocycles. The summed E-state index contributed by atoms with van der Waals surface area (Å²) in [7, 11) is -8.50. The normalized spacial score (nSPS) is 23.2. The van der Waals surface area contributed by atoms with Gasteiger partial charge in [-0.1, -0.05) is 13.8 Å². The fraction of sp³-hybridized carbons (Fsp3) is 1.00. The smallest absolute Gasteiger partial charge is 0.421 e. The van der Waals surface area contributed by atoms with Crippen molar-refractivity contribution in [1.29, 1.82) is 0 Å². The van der Waals surface area contributed by atoms with Gasteiger partial charge in [-0.05, 0) is 0 Å². The molecule has 2 unspecified atom stereocenters. The largest absolute Gasteiger partial charge is 0.558 e. The SMILES string of the molecule is CO[Si](C[N+]1(C)CCCC1C(C)C)(OC)OC.O=S(=O)([N-]S(=O)(=O)C(F)(F)F)C(F)(F)F. The molecule has 1 heterocycles. The number of alkyl halides is 6. The molecule has 9 nitrogen and oxygen atoms in total. The van der Waals surface area contributed by atoms with Crippen LogP contribution in [0.4, 0.5) is 26.3 Å². The van der Waals surface area contributed by atoms with E-state index in [-0.39, 0.29) is 0 Å². The molecule has 1 fully saturated rings. The average Bonchev–Trinajstić information content (AvgIpc) is 2.99. The van der Waals surface area contributed by atoms with Gasteiger partial charge in [0.15, 0.2) is 20.0 Å². The summed E-state index contributed by atoms with van der Waals surface area (Å²) in [5.41, 5.74) is -12.4. The van der Waals surface area contributed by atoms with Crippen LogP contribution in [0.1, 0.15) is 26.7 Å². The first-order valence-corrected chi connectivity index (χ1v) is 13.8. The van der Waals surface area contributed by atoms with Gasteiger partial charge < -0.3 is 21.9 Å².